The highest BCUT2D eigenvalue weighted by molar-refractivity contribution is 6.31. The predicted molar refractivity (Wildman–Crippen MR) is 85.2 cm³/mol. The Labute approximate surface area is 127 Å². The lowest BCUT2D eigenvalue weighted by Crippen LogP contribution is -2.37. The average molecular weight is 293 g/mol. The summed E-state index contributed by atoms with van der Waals surface area (Å²) in [4.78, 5) is 2.67. The smallest absolute Gasteiger partial charge is 0.0453 e. The lowest BCUT2D eigenvalue weighted by atomic mass is 9.97. The van der Waals surface area contributed by atoms with Crippen LogP contribution >= 0.6 is 11.6 Å². The van der Waals surface area contributed by atoms with Crippen molar-refractivity contribution in [3.63, 3.8) is 0 Å². The van der Waals surface area contributed by atoms with Crippen molar-refractivity contribution in [1.82, 2.24) is 10.2 Å². The molecule has 110 valence electrons. The van der Waals surface area contributed by atoms with Crippen molar-refractivity contribution >= 4 is 11.6 Å². The molecular weight excluding hydrogens is 268 g/mol. The molecule has 1 N–H and O–H groups in total. The molecule has 1 saturated heterocycles. The van der Waals surface area contributed by atoms with Gasteiger partial charge in [-0.15, -0.1) is 0 Å². The van der Waals surface area contributed by atoms with E-state index < -0.39 is 0 Å². The molecular formula is C17H25ClN2. The molecule has 0 bridgehead atoms. The minimum Gasteiger partial charge on any atom is -0.317 e. The lowest BCUT2D eigenvalue weighted by Gasteiger charge is -2.30. The highest BCUT2D eigenvalue weighted by Crippen LogP contribution is 2.31. The normalized spacial score (nSPS) is 20.6. The van der Waals surface area contributed by atoms with E-state index in [1.807, 2.05) is 0 Å². The summed E-state index contributed by atoms with van der Waals surface area (Å²) in [5.74, 6) is 0.862. The summed E-state index contributed by atoms with van der Waals surface area (Å²) < 4.78 is 0. The Morgan fingerprint density at radius 3 is 2.60 bits per heavy atom. The first-order valence-corrected chi connectivity index (χ1v) is 8.30. The molecule has 1 aromatic carbocycles. The summed E-state index contributed by atoms with van der Waals surface area (Å²) >= 11 is 6.40. The van der Waals surface area contributed by atoms with Crippen molar-refractivity contribution in [3.05, 3.63) is 34.3 Å². The highest BCUT2D eigenvalue weighted by Gasteiger charge is 2.31. The van der Waals surface area contributed by atoms with E-state index in [1.54, 1.807) is 0 Å². The lowest BCUT2D eigenvalue weighted by molar-refractivity contribution is 0.190. The van der Waals surface area contributed by atoms with Crippen molar-refractivity contribution in [2.75, 3.05) is 19.6 Å². The van der Waals surface area contributed by atoms with Crippen molar-refractivity contribution in [2.45, 2.75) is 45.2 Å². The van der Waals surface area contributed by atoms with Crippen LogP contribution in [0.15, 0.2) is 18.2 Å². The summed E-state index contributed by atoms with van der Waals surface area (Å²) in [6, 6.07) is 7.28. The number of halogens is 1. The number of aryl methyl sites for hydroxylation is 1. The second-order valence-corrected chi connectivity index (χ2v) is 6.86. The van der Waals surface area contributed by atoms with Gasteiger partial charge in [0.1, 0.15) is 0 Å². The molecule has 2 fully saturated rings. The number of nitrogens with one attached hydrogen (secondary N) is 1. The van der Waals surface area contributed by atoms with E-state index >= 15 is 0 Å². The van der Waals surface area contributed by atoms with E-state index in [-0.39, 0.29) is 0 Å². The first-order valence-electron chi connectivity index (χ1n) is 7.92. The Kier molecular flexibility index (Phi) is 4.65. The van der Waals surface area contributed by atoms with Gasteiger partial charge >= 0.3 is 0 Å². The van der Waals surface area contributed by atoms with Gasteiger partial charge in [-0.1, -0.05) is 23.7 Å². The number of nitrogens with zero attached hydrogens (tertiary/aromatic N) is 1. The largest absolute Gasteiger partial charge is 0.317 e. The fourth-order valence-corrected chi connectivity index (χ4v) is 3.47. The van der Waals surface area contributed by atoms with Gasteiger partial charge in [-0.2, -0.15) is 0 Å². The van der Waals surface area contributed by atoms with E-state index in [9.17, 15) is 0 Å². The maximum absolute atomic E-state index is 6.40. The minimum atomic E-state index is 0.808. The third-order valence-corrected chi connectivity index (χ3v) is 4.95. The summed E-state index contributed by atoms with van der Waals surface area (Å²) in [7, 11) is 0. The van der Waals surface area contributed by atoms with Gasteiger partial charge in [-0.25, -0.2) is 0 Å². The quantitative estimate of drug-likeness (QED) is 0.892. The first kappa shape index (κ1) is 14.4. The second-order valence-electron chi connectivity index (χ2n) is 6.45. The Hall–Kier alpha value is -0.570. The van der Waals surface area contributed by atoms with Crippen LogP contribution in [0.25, 0.3) is 0 Å². The molecule has 2 aliphatic rings. The van der Waals surface area contributed by atoms with Crippen LogP contribution in [-0.4, -0.2) is 30.6 Å². The van der Waals surface area contributed by atoms with Crippen LogP contribution in [0, 0.1) is 12.8 Å². The molecule has 2 nitrogen and oxygen atoms in total. The number of hydrogen-bond donors (Lipinski definition) is 1. The molecule has 1 heterocycles. The van der Waals surface area contributed by atoms with Crippen LogP contribution in [-0.2, 0) is 6.54 Å². The Bertz CT molecular complexity index is 450. The molecule has 0 radical (unpaired) electrons. The van der Waals surface area contributed by atoms with Crippen LogP contribution in [0.4, 0.5) is 0 Å². The van der Waals surface area contributed by atoms with E-state index in [1.165, 1.54) is 56.4 Å². The maximum atomic E-state index is 6.40. The standard InChI is InChI=1S/C17H25ClN2/c1-13-2-3-15(17(18)10-13)12-20(16-4-5-16)11-14-6-8-19-9-7-14/h2-3,10,14,16,19H,4-9,11-12H2,1H3. The molecule has 0 spiro atoms. The van der Waals surface area contributed by atoms with Gasteiger partial charge in [0, 0.05) is 24.2 Å². The van der Waals surface area contributed by atoms with E-state index in [0.29, 0.717) is 0 Å². The molecule has 1 aliphatic carbocycles. The van der Waals surface area contributed by atoms with Gasteiger partial charge in [0.25, 0.3) is 0 Å². The van der Waals surface area contributed by atoms with Gasteiger partial charge in [-0.05, 0) is 68.8 Å². The Balaban J connectivity index is 1.64. The number of hydrogen-bond acceptors (Lipinski definition) is 2. The summed E-state index contributed by atoms with van der Waals surface area (Å²) in [5, 5.41) is 4.39. The van der Waals surface area contributed by atoms with Crippen molar-refractivity contribution in [2.24, 2.45) is 5.92 Å². The molecule has 0 atom stereocenters. The van der Waals surface area contributed by atoms with Gasteiger partial charge in [-0.3, -0.25) is 4.90 Å². The van der Waals surface area contributed by atoms with Crippen molar-refractivity contribution in [1.29, 1.82) is 0 Å². The number of piperidine rings is 1. The molecule has 3 heteroatoms. The zero-order valence-corrected chi connectivity index (χ0v) is 13.1. The third-order valence-electron chi connectivity index (χ3n) is 4.60. The van der Waals surface area contributed by atoms with E-state index in [2.05, 4.69) is 35.3 Å². The highest BCUT2D eigenvalue weighted by atomic mass is 35.5. The van der Waals surface area contributed by atoms with Gasteiger partial charge in [0.2, 0.25) is 0 Å². The van der Waals surface area contributed by atoms with Gasteiger partial charge in [0.05, 0.1) is 0 Å². The topological polar surface area (TPSA) is 15.3 Å². The molecule has 3 rings (SSSR count). The number of benzene rings is 1. The second kappa shape index (κ2) is 6.46. The van der Waals surface area contributed by atoms with Crippen LogP contribution in [0.3, 0.4) is 0 Å². The first-order chi connectivity index (χ1) is 9.72. The fraction of sp³-hybridized carbons (Fsp3) is 0.647. The van der Waals surface area contributed by atoms with Crippen LogP contribution in [0.2, 0.25) is 5.02 Å². The maximum Gasteiger partial charge on any atom is 0.0453 e. The average Bonchev–Trinajstić information content (AvgIpc) is 3.26. The fourth-order valence-electron chi connectivity index (χ4n) is 3.18. The van der Waals surface area contributed by atoms with Crippen LogP contribution in [0.5, 0.6) is 0 Å². The molecule has 20 heavy (non-hydrogen) atoms. The molecule has 1 aliphatic heterocycles. The third kappa shape index (κ3) is 3.75. The summed E-state index contributed by atoms with van der Waals surface area (Å²) in [5.41, 5.74) is 2.54. The van der Waals surface area contributed by atoms with Gasteiger partial charge < -0.3 is 5.32 Å². The van der Waals surface area contributed by atoms with Crippen molar-refractivity contribution < 1.29 is 0 Å². The van der Waals surface area contributed by atoms with E-state index in [0.717, 1.165) is 23.5 Å². The zero-order valence-electron chi connectivity index (χ0n) is 12.4. The summed E-state index contributed by atoms with van der Waals surface area (Å²) in [6.45, 7) is 6.75. The number of rotatable bonds is 5. The Morgan fingerprint density at radius 1 is 1.20 bits per heavy atom. The summed E-state index contributed by atoms with van der Waals surface area (Å²) in [6.07, 6.45) is 5.39. The van der Waals surface area contributed by atoms with Crippen LogP contribution < -0.4 is 5.32 Å². The van der Waals surface area contributed by atoms with E-state index in [4.69, 9.17) is 11.6 Å². The van der Waals surface area contributed by atoms with Crippen molar-refractivity contribution in [3.8, 4) is 0 Å². The zero-order chi connectivity index (χ0) is 13.9. The van der Waals surface area contributed by atoms with Crippen LogP contribution in [0.1, 0.15) is 36.8 Å². The monoisotopic (exact) mass is 292 g/mol. The molecule has 0 aromatic heterocycles. The molecule has 0 unspecified atom stereocenters. The van der Waals surface area contributed by atoms with Gasteiger partial charge in [0.15, 0.2) is 0 Å². The molecule has 0 amide bonds. The molecule has 1 saturated carbocycles. The SMILES string of the molecule is Cc1ccc(CN(CC2CCNCC2)C2CC2)c(Cl)c1. The Morgan fingerprint density at radius 2 is 1.95 bits per heavy atom. The predicted octanol–water partition coefficient (Wildman–Crippen LogP) is 3.61. The molecule has 1 aromatic rings. The minimum absolute atomic E-state index is 0.808.